The molecule has 0 aliphatic carbocycles. The number of carbonyl (C=O) groups is 2. The number of aromatic nitrogens is 2. The number of imidazole rings is 1. The molecule has 3 N–H and O–H groups in total. The summed E-state index contributed by atoms with van der Waals surface area (Å²) in [6.45, 7) is 5.86. The van der Waals surface area contributed by atoms with Gasteiger partial charge in [0.2, 0.25) is 11.8 Å². The zero-order valence-electron chi connectivity index (χ0n) is 23.8. The van der Waals surface area contributed by atoms with Gasteiger partial charge in [0.1, 0.15) is 6.04 Å². The molecule has 0 radical (unpaired) electrons. The number of fused-ring (bicyclic) bond motifs is 1. The van der Waals surface area contributed by atoms with Crippen molar-refractivity contribution in [2.45, 2.75) is 69.9 Å². The van der Waals surface area contributed by atoms with Crippen molar-refractivity contribution in [1.29, 1.82) is 0 Å². The topological polar surface area (TPSA) is 115 Å². The van der Waals surface area contributed by atoms with Crippen LogP contribution in [-0.4, -0.2) is 69.1 Å². The van der Waals surface area contributed by atoms with E-state index in [2.05, 4.69) is 33.3 Å². The molecule has 10 nitrogen and oxygen atoms in total. The summed E-state index contributed by atoms with van der Waals surface area (Å²) in [5, 5.41) is 2.37. The molecule has 6 rings (SSSR count). The molecular formula is C31H40N6O4. The highest BCUT2D eigenvalue weighted by molar-refractivity contribution is 6.00. The van der Waals surface area contributed by atoms with Gasteiger partial charge in [-0.1, -0.05) is 18.2 Å². The number of hydrogen-bond donors (Lipinski definition) is 2. The summed E-state index contributed by atoms with van der Waals surface area (Å²) >= 11 is 0. The van der Waals surface area contributed by atoms with E-state index in [1.807, 2.05) is 24.3 Å². The minimum absolute atomic E-state index is 0.235. The van der Waals surface area contributed by atoms with Crippen LogP contribution in [0.2, 0.25) is 0 Å². The first-order valence-corrected chi connectivity index (χ1v) is 14.8. The van der Waals surface area contributed by atoms with Crippen LogP contribution in [-0.2, 0) is 34.5 Å². The van der Waals surface area contributed by atoms with Crippen LogP contribution in [0.3, 0.4) is 0 Å². The molecule has 3 aromatic rings. The number of anilines is 1. The van der Waals surface area contributed by atoms with Crippen molar-refractivity contribution in [3.8, 4) is 0 Å². The molecule has 1 aromatic heterocycles. The minimum Gasteiger partial charge on any atom is -0.399 e. The fourth-order valence-corrected chi connectivity index (χ4v) is 6.56. The van der Waals surface area contributed by atoms with E-state index in [0.29, 0.717) is 18.6 Å². The van der Waals surface area contributed by atoms with E-state index in [4.69, 9.17) is 10.5 Å². The molecule has 10 heteroatoms. The third-order valence-electron chi connectivity index (χ3n) is 8.92. The lowest BCUT2D eigenvalue weighted by atomic mass is 10.0. The Kier molecular flexibility index (Phi) is 7.96. The summed E-state index contributed by atoms with van der Waals surface area (Å²) in [5.41, 5.74) is 10.4. The van der Waals surface area contributed by atoms with Gasteiger partial charge in [-0.05, 0) is 67.5 Å². The fraction of sp³-hybridized carbons (Fsp3) is 0.516. The van der Waals surface area contributed by atoms with Crippen LogP contribution in [0.5, 0.6) is 0 Å². The van der Waals surface area contributed by atoms with E-state index in [0.717, 1.165) is 87.2 Å². The van der Waals surface area contributed by atoms with E-state index >= 15 is 0 Å². The maximum absolute atomic E-state index is 13.1. The van der Waals surface area contributed by atoms with Crippen LogP contribution in [0.1, 0.15) is 55.7 Å². The second kappa shape index (κ2) is 11.8. The van der Waals surface area contributed by atoms with Crippen molar-refractivity contribution < 1.29 is 14.3 Å². The number of amides is 2. The zero-order valence-corrected chi connectivity index (χ0v) is 23.8. The smallest absolute Gasteiger partial charge is 0.329 e. The summed E-state index contributed by atoms with van der Waals surface area (Å²) in [5.74, 6) is -0.694. The van der Waals surface area contributed by atoms with E-state index < -0.39 is 11.9 Å². The molecule has 3 aliphatic rings. The molecule has 3 aliphatic heterocycles. The highest BCUT2D eigenvalue weighted by atomic mass is 16.5. The van der Waals surface area contributed by atoms with Gasteiger partial charge in [0, 0.05) is 58.4 Å². The average Bonchev–Trinajstić information content (AvgIpc) is 3.21. The molecule has 3 fully saturated rings. The zero-order chi connectivity index (χ0) is 28.5. The molecule has 3 saturated heterocycles. The number of nitrogens with zero attached hydrogens (tertiary/aromatic N) is 4. The van der Waals surface area contributed by atoms with Crippen molar-refractivity contribution in [2.24, 2.45) is 7.05 Å². The number of ether oxygens (including phenoxy) is 1. The molecule has 0 bridgehead atoms. The highest BCUT2D eigenvalue weighted by Crippen LogP contribution is 2.26. The molecular weight excluding hydrogens is 520 g/mol. The van der Waals surface area contributed by atoms with Crippen molar-refractivity contribution in [3.05, 3.63) is 64.1 Å². The number of aryl methyl sites for hydroxylation is 1. The number of likely N-dealkylation sites (tertiary alicyclic amines) is 2. The number of rotatable bonds is 7. The Morgan fingerprint density at radius 2 is 1.39 bits per heavy atom. The summed E-state index contributed by atoms with van der Waals surface area (Å²) in [4.78, 5) is 42.1. The van der Waals surface area contributed by atoms with Crippen molar-refractivity contribution in [2.75, 3.05) is 31.9 Å². The van der Waals surface area contributed by atoms with Crippen molar-refractivity contribution in [3.63, 3.8) is 0 Å². The van der Waals surface area contributed by atoms with Crippen LogP contribution < -0.4 is 16.7 Å². The molecule has 0 spiro atoms. The van der Waals surface area contributed by atoms with Crippen LogP contribution in [0.15, 0.2) is 47.3 Å². The standard InChI is InChI=1S/C31H40N6O4/c1-34-28-18-22(4-7-26(28)37(31(34)40)27-8-9-29(38)33-30(27)39)20-36-16-12-25(13-17-36)41-24-10-14-35(15-11-24)19-21-2-5-23(32)6-3-21/h2-7,18,24-25,27H,8-17,19-20,32H2,1H3,(H,33,38,39). The highest BCUT2D eigenvalue weighted by Gasteiger charge is 2.31. The fourth-order valence-electron chi connectivity index (χ4n) is 6.56. The van der Waals surface area contributed by atoms with Gasteiger partial charge in [-0.25, -0.2) is 4.79 Å². The van der Waals surface area contributed by atoms with Gasteiger partial charge >= 0.3 is 5.69 Å². The number of imide groups is 1. The van der Waals surface area contributed by atoms with Gasteiger partial charge in [-0.3, -0.25) is 33.8 Å². The first-order valence-electron chi connectivity index (χ1n) is 14.8. The van der Waals surface area contributed by atoms with Gasteiger partial charge in [0.25, 0.3) is 0 Å². The lowest BCUT2D eigenvalue weighted by Gasteiger charge is -2.37. The van der Waals surface area contributed by atoms with Gasteiger partial charge < -0.3 is 10.5 Å². The second-order valence-electron chi connectivity index (χ2n) is 11.8. The number of nitrogen functional groups attached to an aromatic ring is 1. The Balaban J connectivity index is 0.997. The maximum atomic E-state index is 13.1. The molecule has 41 heavy (non-hydrogen) atoms. The Morgan fingerprint density at radius 3 is 2.00 bits per heavy atom. The Morgan fingerprint density at radius 1 is 0.805 bits per heavy atom. The summed E-state index contributed by atoms with van der Waals surface area (Å²) in [6, 6.07) is 13.5. The predicted molar refractivity (Wildman–Crippen MR) is 157 cm³/mol. The second-order valence-corrected chi connectivity index (χ2v) is 11.8. The number of nitrogens with two attached hydrogens (primary N) is 1. The molecule has 0 saturated carbocycles. The van der Waals surface area contributed by atoms with Crippen LogP contribution >= 0.6 is 0 Å². The monoisotopic (exact) mass is 560 g/mol. The molecule has 2 aromatic carbocycles. The Labute approximate surface area is 240 Å². The summed E-state index contributed by atoms with van der Waals surface area (Å²) < 4.78 is 9.68. The normalized spacial score (nSPS) is 21.9. The van der Waals surface area contributed by atoms with Gasteiger partial charge in [0.05, 0.1) is 23.2 Å². The third-order valence-corrected chi connectivity index (χ3v) is 8.92. The van der Waals surface area contributed by atoms with E-state index in [1.54, 1.807) is 11.6 Å². The molecule has 4 heterocycles. The quantitative estimate of drug-likeness (QED) is 0.337. The molecule has 218 valence electrons. The predicted octanol–water partition coefficient (Wildman–Crippen LogP) is 2.55. The number of piperidine rings is 3. The summed E-state index contributed by atoms with van der Waals surface area (Å²) in [6.07, 6.45) is 5.43. The van der Waals surface area contributed by atoms with E-state index in [9.17, 15) is 14.4 Å². The number of carbonyl (C=O) groups excluding carboxylic acids is 2. The van der Waals surface area contributed by atoms with Crippen LogP contribution in [0.25, 0.3) is 11.0 Å². The first kappa shape index (κ1) is 27.7. The van der Waals surface area contributed by atoms with Crippen molar-refractivity contribution in [1.82, 2.24) is 24.3 Å². The van der Waals surface area contributed by atoms with E-state index in [1.165, 1.54) is 10.1 Å². The number of benzene rings is 2. The van der Waals surface area contributed by atoms with Crippen LogP contribution in [0.4, 0.5) is 5.69 Å². The van der Waals surface area contributed by atoms with Gasteiger partial charge in [-0.2, -0.15) is 0 Å². The maximum Gasteiger partial charge on any atom is 0.329 e. The molecule has 1 atom stereocenters. The SMILES string of the molecule is Cn1c(=O)n(C2CCC(=O)NC2=O)c2ccc(CN3CCC(OC4CCN(Cc5ccc(N)cc5)CC4)CC3)cc21. The van der Waals surface area contributed by atoms with E-state index in [-0.39, 0.29) is 18.0 Å². The molecule has 2 amide bonds. The van der Waals surface area contributed by atoms with Crippen LogP contribution in [0, 0.1) is 0 Å². The number of hydrogen-bond acceptors (Lipinski definition) is 7. The average molecular weight is 561 g/mol. The lowest BCUT2D eigenvalue weighted by molar-refractivity contribution is -0.135. The van der Waals surface area contributed by atoms with Gasteiger partial charge in [-0.15, -0.1) is 0 Å². The third kappa shape index (κ3) is 6.10. The first-order chi connectivity index (χ1) is 19.8. The Bertz CT molecular complexity index is 1460. The molecule has 1 unspecified atom stereocenters. The minimum atomic E-state index is -0.662. The van der Waals surface area contributed by atoms with Gasteiger partial charge in [0.15, 0.2) is 0 Å². The number of nitrogens with one attached hydrogen (secondary N) is 1. The Hall–Kier alpha value is -3.47. The lowest BCUT2D eigenvalue weighted by Crippen LogP contribution is -2.44. The largest absolute Gasteiger partial charge is 0.399 e. The summed E-state index contributed by atoms with van der Waals surface area (Å²) in [7, 11) is 1.74. The van der Waals surface area contributed by atoms with Crippen molar-refractivity contribution >= 4 is 28.5 Å².